The highest BCUT2D eigenvalue weighted by Crippen LogP contribution is 2.35. The van der Waals surface area contributed by atoms with Crippen molar-refractivity contribution in [1.82, 2.24) is 4.90 Å². The van der Waals surface area contributed by atoms with Gasteiger partial charge in [-0.15, -0.1) is 0 Å². The summed E-state index contributed by atoms with van der Waals surface area (Å²) in [4.78, 5) is 2.34. The fourth-order valence-corrected chi connectivity index (χ4v) is 2.41. The molecule has 4 nitrogen and oxygen atoms in total. The van der Waals surface area contributed by atoms with E-state index in [1.54, 1.807) is 0 Å². The van der Waals surface area contributed by atoms with Gasteiger partial charge >= 0.3 is 0 Å². The van der Waals surface area contributed by atoms with Crippen molar-refractivity contribution in [2.75, 3.05) is 20.4 Å². The third-order valence-corrected chi connectivity index (χ3v) is 4.10. The Morgan fingerprint density at radius 1 is 1.21 bits per heavy atom. The van der Waals surface area contributed by atoms with E-state index in [2.05, 4.69) is 38.8 Å². The third kappa shape index (κ3) is 2.85. The second kappa shape index (κ2) is 5.80. The van der Waals surface area contributed by atoms with Crippen LogP contribution in [0.3, 0.4) is 0 Å². The first kappa shape index (κ1) is 14.2. The quantitative estimate of drug-likeness (QED) is 0.887. The number of fused-ring (bicyclic) bond motifs is 1. The van der Waals surface area contributed by atoms with Crippen molar-refractivity contribution >= 4 is 0 Å². The van der Waals surface area contributed by atoms with Crippen molar-refractivity contribution in [1.29, 1.82) is 0 Å². The number of rotatable bonds is 5. The van der Waals surface area contributed by atoms with Crippen molar-refractivity contribution in [2.45, 2.75) is 32.9 Å². The molecule has 0 radical (unpaired) electrons. The van der Waals surface area contributed by atoms with E-state index in [1.807, 2.05) is 12.1 Å². The fourth-order valence-electron chi connectivity index (χ4n) is 2.41. The number of likely N-dealkylation sites (N-methyl/N-ethyl adjacent to an activating group) is 1. The van der Waals surface area contributed by atoms with E-state index < -0.39 is 0 Å². The minimum atomic E-state index is 0.201. The van der Waals surface area contributed by atoms with Crippen LogP contribution >= 0.6 is 0 Å². The molecule has 0 fully saturated rings. The average molecular weight is 264 g/mol. The Kier molecular flexibility index (Phi) is 4.32. The average Bonchev–Trinajstić information content (AvgIpc) is 2.85. The Balaban J connectivity index is 2.22. The molecule has 4 heteroatoms. The van der Waals surface area contributed by atoms with Crippen molar-refractivity contribution in [3.05, 3.63) is 23.8 Å². The molecule has 1 aromatic rings. The van der Waals surface area contributed by atoms with Gasteiger partial charge in [-0.25, -0.2) is 0 Å². The number of ether oxygens (including phenoxy) is 2. The molecular weight excluding hydrogens is 240 g/mol. The Morgan fingerprint density at radius 3 is 2.53 bits per heavy atom. The van der Waals surface area contributed by atoms with Gasteiger partial charge in [-0.3, -0.25) is 4.90 Å². The summed E-state index contributed by atoms with van der Waals surface area (Å²) >= 11 is 0. The lowest BCUT2D eigenvalue weighted by Crippen LogP contribution is -2.39. The molecule has 19 heavy (non-hydrogen) atoms. The van der Waals surface area contributed by atoms with E-state index in [1.165, 1.54) is 5.56 Å². The molecule has 0 aromatic heterocycles. The minimum absolute atomic E-state index is 0.201. The van der Waals surface area contributed by atoms with Gasteiger partial charge in [0.25, 0.3) is 0 Å². The maximum absolute atomic E-state index is 5.98. The lowest BCUT2D eigenvalue weighted by atomic mass is 9.99. The molecule has 2 rings (SSSR count). The Labute approximate surface area is 115 Å². The SMILES string of the molecule is CC(C)C(C)N(C)C(CN)c1ccc2c(c1)OCO2. The van der Waals surface area contributed by atoms with E-state index >= 15 is 0 Å². The topological polar surface area (TPSA) is 47.7 Å². The van der Waals surface area contributed by atoms with Crippen LogP contribution in [0.15, 0.2) is 18.2 Å². The zero-order valence-electron chi connectivity index (χ0n) is 12.2. The van der Waals surface area contributed by atoms with Gasteiger partial charge in [0.1, 0.15) is 0 Å². The monoisotopic (exact) mass is 264 g/mol. The summed E-state index contributed by atoms with van der Waals surface area (Å²) in [6.07, 6.45) is 0. The van der Waals surface area contributed by atoms with E-state index in [4.69, 9.17) is 15.2 Å². The van der Waals surface area contributed by atoms with E-state index in [0.717, 1.165) is 11.5 Å². The molecule has 0 amide bonds. The highest BCUT2D eigenvalue weighted by atomic mass is 16.7. The second-order valence-corrected chi connectivity index (χ2v) is 5.51. The van der Waals surface area contributed by atoms with Crippen LogP contribution in [0.4, 0.5) is 0 Å². The van der Waals surface area contributed by atoms with Crippen molar-refractivity contribution in [3.63, 3.8) is 0 Å². The Bertz CT molecular complexity index is 434. The van der Waals surface area contributed by atoms with Gasteiger partial charge in [-0.05, 0) is 37.6 Å². The van der Waals surface area contributed by atoms with Crippen LogP contribution in [-0.4, -0.2) is 31.3 Å². The molecular formula is C15H24N2O2. The highest BCUT2D eigenvalue weighted by molar-refractivity contribution is 5.45. The number of nitrogens with two attached hydrogens (primary N) is 1. The van der Waals surface area contributed by atoms with Gasteiger partial charge in [-0.1, -0.05) is 19.9 Å². The van der Waals surface area contributed by atoms with Gasteiger partial charge in [-0.2, -0.15) is 0 Å². The summed E-state index contributed by atoms with van der Waals surface area (Å²) in [5.74, 6) is 2.23. The number of hydrogen-bond donors (Lipinski definition) is 1. The molecule has 0 saturated heterocycles. The fraction of sp³-hybridized carbons (Fsp3) is 0.600. The van der Waals surface area contributed by atoms with E-state index in [-0.39, 0.29) is 6.04 Å². The van der Waals surface area contributed by atoms with Crippen LogP contribution < -0.4 is 15.2 Å². The molecule has 106 valence electrons. The summed E-state index contributed by atoms with van der Waals surface area (Å²) in [6.45, 7) is 7.60. The van der Waals surface area contributed by atoms with Crippen LogP contribution in [0, 0.1) is 5.92 Å². The van der Waals surface area contributed by atoms with Gasteiger partial charge < -0.3 is 15.2 Å². The van der Waals surface area contributed by atoms with Gasteiger partial charge in [0.2, 0.25) is 6.79 Å². The molecule has 2 unspecified atom stereocenters. The summed E-state index contributed by atoms with van der Waals surface area (Å²) in [5, 5.41) is 0. The summed E-state index contributed by atoms with van der Waals surface area (Å²) in [7, 11) is 2.13. The van der Waals surface area contributed by atoms with Crippen LogP contribution in [0.1, 0.15) is 32.4 Å². The smallest absolute Gasteiger partial charge is 0.231 e. The van der Waals surface area contributed by atoms with Gasteiger partial charge in [0.05, 0.1) is 0 Å². The zero-order valence-corrected chi connectivity index (χ0v) is 12.2. The van der Waals surface area contributed by atoms with Crippen LogP contribution in [0.2, 0.25) is 0 Å². The van der Waals surface area contributed by atoms with Crippen LogP contribution in [0.25, 0.3) is 0 Å². The molecule has 1 aromatic carbocycles. The van der Waals surface area contributed by atoms with Gasteiger partial charge in [0, 0.05) is 18.6 Å². The van der Waals surface area contributed by atoms with E-state index in [0.29, 0.717) is 25.3 Å². The molecule has 2 N–H and O–H groups in total. The first-order chi connectivity index (χ1) is 9.04. The summed E-state index contributed by atoms with van der Waals surface area (Å²) in [5.41, 5.74) is 7.16. The number of nitrogens with zero attached hydrogens (tertiary/aromatic N) is 1. The molecule has 0 bridgehead atoms. The lowest BCUT2D eigenvalue weighted by Gasteiger charge is -2.35. The second-order valence-electron chi connectivity index (χ2n) is 5.51. The van der Waals surface area contributed by atoms with Crippen molar-refractivity contribution < 1.29 is 9.47 Å². The van der Waals surface area contributed by atoms with Crippen molar-refractivity contribution in [3.8, 4) is 11.5 Å². The largest absolute Gasteiger partial charge is 0.454 e. The van der Waals surface area contributed by atoms with Crippen LogP contribution in [-0.2, 0) is 0 Å². The third-order valence-electron chi connectivity index (χ3n) is 4.10. The minimum Gasteiger partial charge on any atom is -0.454 e. The molecule has 0 saturated carbocycles. The molecule has 2 atom stereocenters. The molecule has 1 heterocycles. The Morgan fingerprint density at radius 2 is 1.89 bits per heavy atom. The normalized spacial score (nSPS) is 17.0. The maximum atomic E-state index is 5.98. The number of hydrogen-bond acceptors (Lipinski definition) is 4. The maximum Gasteiger partial charge on any atom is 0.231 e. The number of benzene rings is 1. The van der Waals surface area contributed by atoms with Crippen LogP contribution in [0.5, 0.6) is 11.5 Å². The predicted octanol–water partition coefficient (Wildman–Crippen LogP) is 2.39. The molecule has 1 aliphatic rings. The zero-order chi connectivity index (χ0) is 14.0. The molecule has 1 aliphatic heterocycles. The van der Waals surface area contributed by atoms with Crippen molar-refractivity contribution in [2.24, 2.45) is 11.7 Å². The first-order valence-corrected chi connectivity index (χ1v) is 6.86. The Hall–Kier alpha value is -1.26. The summed E-state index contributed by atoms with van der Waals surface area (Å²) in [6, 6.07) is 6.76. The van der Waals surface area contributed by atoms with E-state index in [9.17, 15) is 0 Å². The molecule has 0 aliphatic carbocycles. The standard InChI is InChI=1S/C15H24N2O2/c1-10(2)11(3)17(4)13(8-16)12-5-6-14-15(7-12)19-9-18-14/h5-7,10-11,13H,8-9,16H2,1-4H3. The lowest BCUT2D eigenvalue weighted by molar-refractivity contribution is 0.151. The molecule has 0 spiro atoms. The predicted molar refractivity (Wildman–Crippen MR) is 76.4 cm³/mol. The summed E-state index contributed by atoms with van der Waals surface area (Å²) < 4.78 is 10.8. The first-order valence-electron chi connectivity index (χ1n) is 6.86. The van der Waals surface area contributed by atoms with Gasteiger partial charge in [0.15, 0.2) is 11.5 Å². The highest BCUT2D eigenvalue weighted by Gasteiger charge is 2.24.